The quantitative estimate of drug-likeness (QED) is 0.524. The van der Waals surface area contributed by atoms with E-state index in [0.29, 0.717) is 11.4 Å². The minimum absolute atomic E-state index is 0. The second-order valence-corrected chi connectivity index (χ2v) is 5.52. The van der Waals surface area contributed by atoms with Crippen molar-refractivity contribution >= 4 is 35.6 Å². The molecule has 4 rings (SSSR count). The highest BCUT2D eigenvalue weighted by atomic mass is 35.5. The lowest BCUT2D eigenvalue weighted by atomic mass is 10.2. The van der Waals surface area contributed by atoms with Crippen LogP contribution in [0.25, 0.3) is 29.0 Å². The van der Waals surface area contributed by atoms with E-state index in [1.54, 1.807) is 18.3 Å². The van der Waals surface area contributed by atoms with Crippen molar-refractivity contribution in [3.05, 3.63) is 89.9 Å². The van der Waals surface area contributed by atoms with Crippen molar-refractivity contribution in [2.45, 2.75) is 0 Å². The number of rotatable bonds is 3. The first kappa shape index (κ1) is 17.4. The molecular formula is C21H15ClN4. The lowest BCUT2D eigenvalue weighted by Crippen LogP contribution is -2.02. The van der Waals surface area contributed by atoms with Crippen LogP contribution in [0.15, 0.2) is 72.9 Å². The molecule has 0 N–H and O–H groups in total. The zero-order valence-corrected chi connectivity index (χ0v) is 14.6. The molecule has 0 amide bonds. The number of fused-ring (bicyclic) bond motifs is 1. The first-order valence-corrected chi connectivity index (χ1v) is 7.93. The average Bonchev–Trinajstić information content (AvgIpc) is 3.05. The fourth-order valence-electron chi connectivity index (χ4n) is 2.78. The monoisotopic (exact) mass is 358 g/mol. The van der Waals surface area contributed by atoms with E-state index in [4.69, 9.17) is 4.98 Å². The van der Waals surface area contributed by atoms with E-state index in [1.807, 2.05) is 71.3 Å². The van der Waals surface area contributed by atoms with Gasteiger partial charge in [-0.2, -0.15) is 5.26 Å². The third-order valence-electron chi connectivity index (χ3n) is 3.93. The second kappa shape index (κ2) is 7.64. The van der Waals surface area contributed by atoms with Gasteiger partial charge >= 0.3 is 0 Å². The van der Waals surface area contributed by atoms with Crippen molar-refractivity contribution in [1.82, 2.24) is 14.5 Å². The Balaban J connectivity index is 0.00000196. The van der Waals surface area contributed by atoms with Crippen LogP contribution in [0, 0.1) is 11.3 Å². The van der Waals surface area contributed by atoms with E-state index in [-0.39, 0.29) is 12.4 Å². The number of benzene rings is 2. The van der Waals surface area contributed by atoms with Gasteiger partial charge in [-0.3, -0.25) is 4.57 Å². The summed E-state index contributed by atoms with van der Waals surface area (Å²) < 4.78 is 1.92. The second-order valence-electron chi connectivity index (χ2n) is 5.52. The van der Waals surface area contributed by atoms with Gasteiger partial charge in [-0.1, -0.05) is 48.5 Å². The zero-order chi connectivity index (χ0) is 17.1. The molecule has 2 aromatic heterocycles. The molecule has 0 aliphatic carbocycles. The molecule has 0 saturated heterocycles. The van der Waals surface area contributed by atoms with Crippen LogP contribution < -0.4 is 0 Å². The highest BCUT2D eigenvalue weighted by Gasteiger charge is 2.14. The molecule has 26 heavy (non-hydrogen) atoms. The summed E-state index contributed by atoms with van der Waals surface area (Å²) >= 11 is 0. The van der Waals surface area contributed by atoms with Crippen LogP contribution in [0.3, 0.4) is 0 Å². The van der Waals surface area contributed by atoms with Gasteiger partial charge in [-0.25, -0.2) is 9.97 Å². The lowest BCUT2D eigenvalue weighted by molar-refractivity contribution is 0.998. The Morgan fingerprint density at radius 2 is 1.65 bits per heavy atom. The van der Waals surface area contributed by atoms with E-state index in [2.05, 4.69) is 11.1 Å². The van der Waals surface area contributed by atoms with Crippen molar-refractivity contribution < 1.29 is 0 Å². The molecule has 0 radical (unpaired) electrons. The Kier molecular flexibility index (Phi) is 5.12. The van der Waals surface area contributed by atoms with E-state index < -0.39 is 0 Å². The van der Waals surface area contributed by atoms with Crippen molar-refractivity contribution in [2.24, 2.45) is 0 Å². The summed E-state index contributed by atoms with van der Waals surface area (Å²) in [5.74, 6) is 1.33. The van der Waals surface area contributed by atoms with Gasteiger partial charge in [0.15, 0.2) is 5.82 Å². The predicted molar refractivity (Wildman–Crippen MR) is 106 cm³/mol. The smallest absolute Gasteiger partial charge is 0.156 e. The number of nitrogens with zero attached hydrogens (tertiary/aromatic N) is 4. The minimum atomic E-state index is 0. The molecule has 0 fully saturated rings. The van der Waals surface area contributed by atoms with Crippen LogP contribution in [0.2, 0.25) is 0 Å². The van der Waals surface area contributed by atoms with E-state index >= 15 is 0 Å². The highest BCUT2D eigenvalue weighted by molar-refractivity contribution is 5.85. The van der Waals surface area contributed by atoms with Crippen LogP contribution in [0.5, 0.6) is 0 Å². The van der Waals surface area contributed by atoms with Crippen molar-refractivity contribution in [1.29, 1.82) is 5.26 Å². The van der Waals surface area contributed by atoms with Crippen LogP contribution in [-0.2, 0) is 0 Å². The number of para-hydroxylation sites is 2. The SMILES string of the molecule is Cl.N#Cc1cccnc1-n1c(/C=C/c2ccccc2)nc2ccccc21. The maximum Gasteiger partial charge on any atom is 0.156 e. The van der Waals surface area contributed by atoms with Gasteiger partial charge in [0, 0.05) is 6.20 Å². The molecule has 5 heteroatoms. The molecule has 0 aliphatic heterocycles. The number of hydrogen-bond acceptors (Lipinski definition) is 3. The maximum absolute atomic E-state index is 9.45. The fourth-order valence-corrected chi connectivity index (χ4v) is 2.78. The molecule has 4 aromatic rings. The minimum Gasteiger partial charge on any atom is -0.276 e. The Labute approximate surface area is 157 Å². The van der Waals surface area contributed by atoms with Crippen LogP contribution >= 0.6 is 12.4 Å². The Hall–Kier alpha value is -3.42. The third-order valence-corrected chi connectivity index (χ3v) is 3.93. The first-order chi connectivity index (χ1) is 12.4. The highest BCUT2D eigenvalue weighted by Crippen LogP contribution is 2.23. The third kappa shape index (κ3) is 3.21. The van der Waals surface area contributed by atoms with Gasteiger partial charge in [0.2, 0.25) is 0 Å². The van der Waals surface area contributed by atoms with E-state index in [9.17, 15) is 5.26 Å². The molecule has 0 aliphatic rings. The summed E-state index contributed by atoms with van der Waals surface area (Å²) in [4.78, 5) is 9.13. The summed E-state index contributed by atoms with van der Waals surface area (Å²) in [6.45, 7) is 0. The molecular weight excluding hydrogens is 344 g/mol. The summed E-state index contributed by atoms with van der Waals surface area (Å²) in [6, 6.07) is 23.6. The molecule has 126 valence electrons. The van der Waals surface area contributed by atoms with Crippen molar-refractivity contribution in [2.75, 3.05) is 0 Å². The van der Waals surface area contributed by atoms with Gasteiger partial charge in [0.1, 0.15) is 11.9 Å². The number of pyridine rings is 1. The maximum atomic E-state index is 9.45. The van der Waals surface area contributed by atoms with Gasteiger partial charge < -0.3 is 0 Å². The standard InChI is InChI=1S/C21H14N4.ClH/c22-15-17-9-6-14-23-21(17)25-19-11-5-4-10-18(19)24-20(25)13-12-16-7-2-1-3-8-16;/h1-14H;1H/b13-12+;. The molecule has 2 heterocycles. The van der Waals surface area contributed by atoms with Crippen molar-refractivity contribution in [3.63, 3.8) is 0 Å². The zero-order valence-electron chi connectivity index (χ0n) is 13.8. The first-order valence-electron chi connectivity index (χ1n) is 7.93. The Morgan fingerprint density at radius 1 is 0.885 bits per heavy atom. The summed E-state index contributed by atoms with van der Waals surface area (Å²) in [6.07, 6.45) is 5.65. The topological polar surface area (TPSA) is 54.5 Å². The largest absolute Gasteiger partial charge is 0.276 e. The van der Waals surface area contributed by atoms with Gasteiger partial charge in [0.05, 0.1) is 16.6 Å². The van der Waals surface area contributed by atoms with Gasteiger partial charge in [-0.15, -0.1) is 12.4 Å². The van der Waals surface area contributed by atoms with Crippen molar-refractivity contribution in [3.8, 4) is 11.9 Å². The average molecular weight is 359 g/mol. The van der Waals surface area contributed by atoms with Gasteiger partial charge in [-0.05, 0) is 35.9 Å². The molecule has 2 aromatic carbocycles. The summed E-state index contributed by atoms with van der Waals surface area (Å²) in [7, 11) is 0. The Bertz CT molecular complexity index is 1110. The lowest BCUT2D eigenvalue weighted by Gasteiger charge is -2.07. The molecule has 4 nitrogen and oxygen atoms in total. The number of aromatic nitrogens is 3. The van der Waals surface area contributed by atoms with Crippen LogP contribution in [-0.4, -0.2) is 14.5 Å². The number of nitriles is 1. The summed E-state index contributed by atoms with van der Waals surface area (Å²) in [5.41, 5.74) is 3.39. The number of halogens is 1. The Morgan fingerprint density at radius 3 is 2.46 bits per heavy atom. The predicted octanol–water partition coefficient (Wildman–Crippen LogP) is 4.88. The van der Waals surface area contributed by atoms with E-state index in [1.165, 1.54) is 0 Å². The van der Waals surface area contributed by atoms with E-state index in [0.717, 1.165) is 22.4 Å². The van der Waals surface area contributed by atoms with Gasteiger partial charge in [0.25, 0.3) is 0 Å². The molecule has 0 unspecified atom stereocenters. The summed E-state index contributed by atoms with van der Waals surface area (Å²) in [5, 5.41) is 9.45. The molecule has 0 saturated carbocycles. The number of hydrogen-bond donors (Lipinski definition) is 0. The molecule has 0 spiro atoms. The fraction of sp³-hybridized carbons (Fsp3) is 0. The normalized spacial score (nSPS) is 10.6. The van der Waals surface area contributed by atoms with Crippen LogP contribution in [0.4, 0.5) is 0 Å². The molecule has 0 atom stereocenters. The van der Waals surface area contributed by atoms with Crippen LogP contribution in [0.1, 0.15) is 17.0 Å². The molecule has 0 bridgehead atoms. The number of imidazole rings is 1.